The Hall–Kier alpha value is -2.32. The number of nitrogens with one attached hydrogen (secondary N) is 1. The van der Waals surface area contributed by atoms with Crippen molar-refractivity contribution in [1.82, 2.24) is 0 Å². The number of benzene rings is 2. The van der Waals surface area contributed by atoms with Gasteiger partial charge >= 0.3 is 5.97 Å². The summed E-state index contributed by atoms with van der Waals surface area (Å²) in [5, 5.41) is 3.07. The monoisotopic (exact) mass is 532 g/mol. The van der Waals surface area contributed by atoms with Crippen LogP contribution in [0.1, 0.15) is 17.9 Å². The molecule has 0 spiro atoms. The number of rotatable bonds is 9. The van der Waals surface area contributed by atoms with Crippen molar-refractivity contribution < 1.29 is 19.1 Å². The fourth-order valence-corrected chi connectivity index (χ4v) is 4.90. The standard InChI is InChI=1S/C25H33BrN2O4Si/c1-31-21-11-5-18(6-12-21)22-13-14-28(24(22)25(30)32-15-16-33(2,3)4)20-9-7-19(8-10-20)27-23(29)17-26/h5-12,22,24H,13-17H2,1-4H3,(H,27,29)/t22-,24-/m1/s1. The Bertz CT molecular complexity index is 944. The number of anilines is 2. The van der Waals surface area contributed by atoms with Crippen LogP contribution >= 0.6 is 15.9 Å². The largest absolute Gasteiger partial charge is 0.497 e. The fraction of sp³-hybridized carbons (Fsp3) is 0.440. The number of carbonyl (C=O) groups is 2. The van der Waals surface area contributed by atoms with Gasteiger partial charge in [0, 0.05) is 31.9 Å². The van der Waals surface area contributed by atoms with Crippen molar-refractivity contribution >= 4 is 47.3 Å². The number of alkyl halides is 1. The molecule has 1 saturated heterocycles. The van der Waals surface area contributed by atoms with E-state index in [2.05, 4.69) is 45.8 Å². The summed E-state index contributed by atoms with van der Waals surface area (Å²) in [7, 11) is 0.346. The van der Waals surface area contributed by atoms with Crippen LogP contribution in [0.3, 0.4) is 0 Å². The highest BCUT2D eigenvalue weighted by molar-refractivity contribution is 9.09. The second kappa shape index (κ2) is 11.2. The van der Waals surface area contributed by atoms with Crippen LogP contribution < -0.4 is 15.0 Å². The summed E-state index contributed by atoms with van der Waals surface area (Å²) >= 11 is 3.16. The smallest absolute Gasteiger partial charge is 0.329 e. The minimum absolute atomic E-state index is 0.0306. The number of esters is 1. The zero-order chi connectivity index (χ0) is 24.0. The Morgan fingerprint density at radius 1 is 1.09 bits per heavy atom. The predicted molar refractivity (Wildman–Crippen MR) is 139 cm³/mol. The zero-order valence-corrected chi connectivity index (χ0v) is 22.4. The van der Waals surface area contributed by atoms with Crippen molar-refractivity contribution in [2.24, 2.45) is 0 Å². The molecule has 6 nitrogen and oxygen atoms in total. The van der Waals surface area contributed by atoms with E-state index in [1.807, 2.05) is 48.5 Å². The third-order valence-electron chi connectivity index (χ3n) is 5.88. The lowest BCUT2D eigenvalue weighted by Gasteiger charge is -2.29. The number of hydrogen-bond donors (Lipinski definition) is 1. The molecule has 1 amide bonds. The van der Waals surface area contributed by atoms with E-state index in [9.17, 15) is 9.59 Å². The molecule has 0 bridgehead atoms. The van der Waals surface area contributed by atoms with E-state index < -0.39 is 14.1 Å². The van der Waals surface area contributed by atoms with Gasteiger partial charge in [-0.2, -0.15) is 0 Å². The van der Waals surface area contributed by atoms with Gasteiger partial charge in [-0.3, -0.25) is 4.79 Å². The summed E-state index contributed by atoms with van der Waals surface area (Å²) in [6, 6.07) is 16.1. The SMILES string of the molecule is COc1ccc([C@H]2CCN(c3ccc(NC(=O)CBr)cc3)[C@H]2C(=O)OCC[Si](C)(C)C)cc1. The van der Waals surface area contributed by atoms with Gasteiger partial charge in [0.25, 0.3) is 0 Å². The van der Waals surface area contributed by atoms with E-state index >= 15 is 0 Å². The first-order valence-electron chi connectivity index (χ1n) is 11.2. The second-order valence-electron chi connectivity index (χ2n) is 9.51. The number of carbonyl (C=O) groups excluding carboxylic acids is 2. The molecule has 0 radical (unpaired) electrons. The summed E-state index contributed by atoms with van der Waals surface area (Å²) in [6.07, 6.45) is 0.849. The molecule has 0 aliphatic carbocycles. The molecule has 1 aliphatic rings. The molecule has 1 heterocycles. The molecule has 0 unspecified atom stereocenters. The van der Waals surface area contributed by atoms with Crippen LogP contribution in [0.5, 0.6) is 5.75 Å². The lowest BCUT2D eigenvalue weighted by molar-refractivity contribution is -0.144. The van der Waals surface area contributed by atoms with E-state index in [0.29, 0.717) is 6.61 Å². The highest BCUT2D eigenvalue weighted by Crippen LogP contribution is 2.38. The molecule has 1 N–H and O–H groups in total. The topological polar surface area (TPSA) is 67.9 Å². The number of nitrogens with zero attached hydrogens (tertiary/aromatic N) is 1. The van der Waals surface area contributed by atoms with Crippen LogP contribution in [-0.2, 0) is 14.3 Å². The van der Waals surface area contributed by atoms with Crippen LogP contribution in [0.4, 0.5) is 11.4 Å². The Morgan fingerprint density at radius 3 is 2.33 bits per heavy atom. The maximum absolute atomic E-state index is 13.3. The van der Waals surface area contributed by atoms with Crippen molar-refractivity contribution in [3.8, 4) is 5.75 Å². The average Bonchev–Trinajstić information content (AvgIpc) is 3.24. The highest BCUT2D eigenvalue weighted by Gasteiger charge is 2.41. The Kier molecular flexibility index (Phi) is 8.59. The van der Waals surface area contributed by atoms with Crippen molar-refractivity contribution in [1.29, 1.82) is 0 Å². The van der Waals surface area contributed by atoms with Crippen LogP contribution in [-0.4, -0.2) is 51.6 Å². The summed E-state index contributed by atoms with van der Waals surface area (Å²) in [5.74, 6) is 0.544. The van der Waals surface area contributed by atoms with Gasteiger partial charge in [-0.1, -0.05) is 47.7 Å². The average molecular weight is 534 g/mol. The molecule has 0 aromatic heterocycles. The van der Waals surface area contributed by atoms with Gasteiger partial charge in [0.2, 0.25) is 5.91 Å². The number of hydrogen-bond acceptors (Lipinski definition) is 5. The van der Waals surface area contributed by atoms with Crippen LogP contribution in [0, 0.1) is 0 Å². The maximum atomic E-state index is 13.3. The van der Waals surface area contributed by atoms with Crippen molar-refractivity contribution in [2.75, 3.05) is 35.8 Å². The molecule has 2 aromatic carbocycles. The minimum atomic E-state index is -1.30. The van der Waals surface area contributed by atoms with Gasteiger partial charge in [0.1, 0.15) is 11.8 Å². The molecular weight excluding hydrogens is 500 g/mol. The summed E-state index contributed by atoms with van der Waals surface area (Å²) in [6.45, 7) is 8.04. The van der Waals surface area contributed by atoms with Crippen LogP contribution in [0.15, 0.2) is 48.5 Å². The normalized spacial score (nSPS) is 18.2. The van der Waals surface area contributed by atoms with E-state index in [1.165, 1.54) is 0 Å². The molecule has 1 fully saturated rings. The lowest BCUT2D eigenvalue weighted by atomic mass is 9.91. The van der Waals surface area contributed by atoms with E-state index in [4.69, 9.17) is 9.47 Å². The Balaban J connectivity index is 1.83. The highest BCUT2D eigenvalue weighted by atomic mass is 79.9. The second-order valence-corrected chi connectivity index (χ2v) is 15.7. The number of methoxy groups -OCH3 is 1. The van der Waals surface area contributed by atoms with Crippen molar-refractivity contribution in [3.63, 3.8) is 0 Å². The molecule has 8 heteroatoms. The third kappa shape index (κ3) is 6.83. The molecule has 0 saturated carbocycles. The predicted octanol–water partition coefficient (Wildman–Crippen LogP) is 5.27. The first-order valence-corrected chi connectivity index (χ1v) is 16.1. The fourth-order valence-electron chi connectivity index (χ4n) is 4.05. The van der Waals surface area contributed by atoms with Gasteiger partial charge in [-0.15, -0.1) is 0 Å². The minimum Gasteiger partial charge on any atom is -0.497 e. The third-order valence-corrected chi connectivity index (χ3v) is 8.10. The molecule has 33 heavy (non-hydrogen) atoms. The molecular formula is C25H33BrN2O4Si. The first kappa shape index (κ1) is 25.3. The van der Waals surface area contributed by atoms with Gasteiger partial charge < -0.3 is 19.7 Å². The quantitative estimate of drug-likeness (QED) is 0.270. The summed E-state index contributed by atoms with van der Waals surface area (Å²) in [5.41, 5.74) is 2.77. The maximum Gasteiger partial charge on any atom is 0.329 e. The molecule has 2 atom stereocenters. The van der Waals surface area contributed by atoms with Crippen LogP contribution in [0.2, 0.25) is 25.7 Å². The first-order chi connectivity index (χ1) is 15.7. The number of amides is 1. The van der Waals surface area contributed by atoms with Gasteiger partial charge in [-0.05, 0) is 54.4 Å². The Labute approximate surface area is 205 Å². The van der Waals surface area contributed by atoms with E-state index in [0.717, 1.165) is 41.7 Å². The van der Waals surface area contributed by atoms with Crippen molar-refractivity contribution in [3.05, 3.63) is 54.1 Å². The number of halogens is 1. The van der Waals surface area contributed by atoms with E-state index in [1.54, 1.807) is 7.11 Å². The molecule has 1 aliphatic heterocycles. The van der Waals surface area contributed by atoms with Gasteiger partial charge in [-0.25, -0.2) is 4.79 Å². The van der Waals surface area contributed by atoms with Crippen LogP contribution in [0.25, 0.3) is 0 Å². The lowest BCUT2D eigenvalue weighted by Crippen LogP contribution is -2.41. The van der Waals surface area contributed by atoms with Gasteiger partial charge in [0.05, 0.1) is 19.0 Å². The van der Waals surface area contributed by atoms with E-state index in [-0.39, 0.29) is 23.1 Å². The number of ether oxygens (including phenoxy) is 2. The molecule has 178 valence electrons. The zero-order valence-electron chi connectivity index (χ0n) is 19.8. The van der Waals surface area contributed by atoms with Crippen molar-refractivity contribution in [2.45, 2.75) is 44.1 Å². The Morgan fingerprint density at radius 2 is 1.76 bits per heavy atom. The summed E-state index contributed by atoms with van der Waals surface area (Å²) in [4.78, 5) is 27.1. The summed E-state index contributed by atoms with van der Waals surface area (Å²) < 4.78 is 11.1. The molecule has 3 rings (SSSR count). The van der Waals surface area contributed by atoms with Gasteiger partial charge in [0.15, 0.2) is 0 Å². The molecule has 2 aromatic rings.